The normalized spacial score (nSPS) is 9.42. The highest BCUT2D eigenvalue weighted by Gasteiger charge is 1.88. The first-order valence-electron chi connectivity index (χ1n) is 4.53. The quantitative estimate of drug-likeness (QED) is 0.331. The van der Waals surface area contributed by atoms with E-state index in [1.807, 2.05) is 0 Å². The van der Waals surface area contributed by atoms with Crippen LogP contribution >= 0.6 is 12.2 Å². The summed E-state index contributed by atoms with van der Waals surface area (Å²) in [4.78, 5) is 3.75. The van der Waals surface area contributed by atoms with Gasteiger partial charge in [0.2, 0.25) is 0 Å². The molecular weight excluding hydrogens is 170 g/mol. The van der Waals surface area contributed by atoms with Crippen LogP contribution in [0.4, 0.5) is 0 Å². The topological polar surface area (TPSA) is 21.6 Å². The van der Waals surface area contributed by atoms with E-state index in [1.54, 1.807) is 0 Å². The Hall–Kier alpha value is -0.240. The third-order valence-corrected chi connectivity index (χ3v) is 1.68. The zero-order valence-electron chi connectivity index (χ0n) is 7.71. The predicted molar refractivity (Wildman–Crippen MR) is 54.9 cm³/mol. The second kappa shape index (κ2) is 10.8. The average Bonchev–Trinajstić information content (AvgIpc) is 2.10. The van der Waals surface area contributed by atoms with E-state index < -0.39 is 0 Å². The van der Waals surface area contributed by atoms with Crippen LogP contribution in [0, 0.1) is 0 Å². The van der Waals surface area contributed by atoms with Crippen molar-refractivity contribution in [2.75, 3.05) is 19.8 Å². The van der Waals surface area contributed by atoms with Crippen LogP contribution in [0.1, 0.15) is 32.6 Å². The van der Waals surface area contributed by atoms with Crippen LogP contribution < -0.4 is 0 Å². The predicted octanol–water partition coefficient (Wildman–Crippen LogP) is 2.69. The number of unbranched alkanes of at least 4 members (excludes halogenated alkanes) is 3. The fraction of sp³-hybridized carbons (Fsp3) is 0.889. The number of nitrogens with zero attached hydrogens (tertiary/aromatic N) is 1. The Morgan fingerprint density at radius 1 is 1.25 bits per heavy atom. The minimum atomic E-state index is 0.650. The van der Waals surface area contributed by atoms with Gasteiger partial charge in [-0.1, -0.05) is 26.2 Å². The van der Waals surface area contributed by atoms with Crippen molar-refractivity contribution in [1.29, 1.82) is 0 Å². The fourth-order valence-electron chi connectivity index (χ4n) is 0.889. The lowest BCUT2D eigenvalue weighted by atomic mass is 10.2. The molecule has 0 amide bonds. The van der Waals surface area contributed by atoms with E-state index in [-0.39, 0.29) is 0 Å². The van der Waals surface area contributed by atoms with Crippen molar-refractivity contribution in [3.8, 4) is 0 Å². The molecule has 0 unspecified atom stereocenters. The first-order valence-corrected chi connectivity index (χ1v) is 4.94. The maximum Gasteiger partial charge on any atom is 0.0727 e. The summed E-state index contributed by atoms with van der Waals surface area (Å²) in [6, 6.07) is 0. The molecule has 0 N–H and O–H groups in total. The second-order valence-electron chi connectivity index (χ2n) is 2.65. The van der Waals surface area contributed by atoms with Gasteiger partial charge in [0.1, 0.15) is 0 Å². The van der Waals surface area contributed by atoms with Gasteiger partial charge >= 0.3 is 0 Å². The van der Waals surface area contributed by atoms with E-state index in [2.05, 4.69) is 29.3 Å². The van der Waals surface area contributed by atoms with Crippen LogP contribution in [0.2, 0.25) is 0 Å². The van der Waals surface area contributed by atoms with Gasteiger partial charge in [0.25, 0.3) is 0 Å². The molecule has 0 radical (unpaired) electrons. The third kappa shape index (κ3) is 9.76. The van der Waals surface area contributed by atoms with E-state index in [0.29, 0.717) is 13.2 Å². The van der Waals surface area contributed by atoms with Crippen molar-refractivity contribution < 1.29 is 4.74 Å². The van der Waals surface area contributed by atoms with Gasteiger partial charge in [0.15, 0.2) is 0 Å². The minimum Gasteiger partial charge on any atom is -0.379 e. The van der Waals surface area contributed by atoms with Crippen molar-refractivity contribution in [1.82, 2.24) is 0 Å². The summed E-state index contributed by atoms with van der Waals surface area (Å²) in [5.74, 6) is 0. The number of aliphatic imine (C=N–C) groups is 1. The van der Waals surface area contributed by atoms with Crippen molar-refractivity contribution in [3.05, 3.63) is 0 Å². The second-order valence-corrected chi connectivity index (χ2v) is 2.83. The van der Waals surface area contributed by atoms with Crippen LogP contribution in [0.25, 0.3) is 0 Å². The van der Waals surface area contributed by atoms with Crippen LogP contribution in [0.3, 0.4) is 0 Å². The molecule has 0 rings (SSSR count). The van der Waals surface area contributed by atoms with Crippen molar-refractivity contribution in [3.63, 3.8) is 0 Å². The zero-order valence-corrected chi connectivity index (χ0v) is 8.53. The average molecular weight is 187 g/mol. The molecule has 2 nitrogen and oxygen atoms in total. The summed E-state index contributed by atoms with van der Waals surface area (Å²) in [7, 11) is 0. The molecule has 0 saturated heterocycles. The first-order chi connectivity index (χ1) is 5.91. The lowest BCUT2D eigenvalue weighted by Gasteiger charge is -2.00. The highest BCUT2D eigenvalue weighted by atomic mass is 32.1. The van der Waals surface area contributed by atoms with E-state index in [1.165, 1.54) is 19.3 Å². The van der Waals surface area contributed by atoms with Crippen LogP contribution in [0.15, 0.2) is 4.99 Å². The Labute approximate surface area is 80.0 Å². The molecule has 12 heavy (non-hydrogen) atoms. The standard InChI is InChI=1S/C9H17NOS/c1-2-3-4-5-7-11-8-6-10-9-12/h2-8H2,1H3. The maximum absolute atomic E-state index is 5.30. The van der Waals surface area contributed by atoms with Crippen molar-refractivity contribution in [2.45, 2.75) is 32.6 Å². The van der Waals surface area contributed by atoms with Gasteiger partial charge in [-0.05, 0) is 18.6 Å². The molecule has 0 aliphatic rings. The van der Waals surface area contributed by atoms with Gasteiger partial charge in [0.05, 0.1) is 18.3 Å². The number of hydrogen-bond acceptors (Lipinski definition) is 3. The van der Waals surface area contributed by atoms with Gasteiger partial charge < -0.3 is 4.74 Å². The van der Waals surface area contributed by atoms with Crippen LogP contribution in [0.5, 0.6) is 0 Å². The van der Waals surface area contributed by atoms with Gasteiger partial charge in [-0.2, -0.15) is 0 Å². The Balaban J connectivity index is 2.86. The molecule has 0 aromatic rings. The number of thiocarbonyl (C=S) groups is 1. The summed E-state index contributed by atoms with van der Waals surface area (Å²) < 4.78 is 5.30. The smallest absolute Gasteiger partial charge is 0.0727 e. The van der Waals surface area contributed by atoms with Crippen molar-refractivity contribution in [2.24, 2.45) is 4.99 Å². The van der Waals surface area contributed by atoms with Gasteiger partial charge in [-0.15, -0.1) is 0 Å². The van der Waals surface area contributed by atoms with Gasteiger partial charge in [-0.25, -0.2) is 4.99 Å². The number of hydrogen-bond donors (Lipinski definition) is 0. The van der Waals surface area contributed by atoms with Crippen molar-refractivity contribution >= 4 is 17.4 Å². The van der Waals surface area contributed by atoms with E-state index in [9.17, 15) is 0 Å². The molecule has 0 atom stereocenters. The number of rotatable bonds is 8. The molecule has 0 aliphatic heterocycles. The molecule has 0 spiro atoms. The lowest BCUT2D eigenvalue weighted by molar-refractivity contribution is 0.137. The zero-order chi connectivity index (χ0) is 9.07. The number of ether oxygens (including phenoxy) is 1. The summed E-state index contributed by atoms with van der Waals surface area (Å²) >= 11 is 4.42. The molecule has 70 valence electrons. The molecule has 0 aliphatic carbocycles. The Kier molecular flexibility index (Phi) is 10.5. The van der Waals surface area contributed by atoms with E-state index in [4.69, 9.17) is 4.74 Å². The van der Waals surface area contributed by atoms with E-state index >= 15 is 0 Å². The largest absolute Gasteiger partial charge is 0.379 e. The van der Waals surface area contributed by atoms with E-state index in [0.717, 1.165) is 13.0 Å². The fourth-order valence-corrected chi connectivity index (χ4v) is 0.980. The minimum absolute atomic E-state index is 0.650. The summed E-state index contributed by atoms with van der Waals surface area (Å²) in [6.07, 6.45) is 5.01. The molecule has 0 heterocycles. The molecule has 3 heteroatoms. The highest BCUT2D eigenvalue weighted by Crippen LogP contribution is 1.98. The number of isothiocyanates is 1. The maximum atomic E-state index is 5.30. The van der Waals surface area contributed by atoms with Gasteiger partial charge in [-0.3, -0.25) is 0 Å². The third-order valence-electron chi connectivity index (χ3n) is 1.55. The molecule has 0 fully saturated rings. The molecule has 0 bridgehead atoms. The summed E-state index contributed by atoms with van der Waals surface area (Å²) in [6.45, 7) is 4.38. The van der Waals surface area contributed by atoms with Crippen LogP contribution in [-0.2, 0) is 4.74 Å². The Bertz CT molecular complexity index is 132. The Morgan fingerprint density at radius 3 is 2.75 bits per heavy atom. The molecule has 0 aromatic carbocycles. The lowest BCUT2D eigenvalue weighted by Crippen LogP contribution is -1.99. The molecular formula is C9H17NOS. The highest BCUT2D eigenvalue weighted by molar-refractivity contribution is 7.78. The van der Waals surface area contributed by atoms with Crippen LogP contribution in [-0.4, -0.2) is 24.9 Å². The SMILES string of the molecule is CCCCCCOCCN=C=S. The molecule has 0 saturated carbocycles. The molecule has 0 aromatic heterocycles. The monoisotopic (exact) mass is 187 g/mol. The first kappa shape index (κ1) is 11.8. The van der Waals surface area contributed by atoms with Gasteiger partial charge in [0, 0.05) is 6.61 Å². The summed E-state index contributed by atoms with van der Waals surface area (Å²) in [5, 5.41) is 2.31. The summed E-state index contributed by atoms with van der Waals surface area (Å²) in [5.41, 5.74) is 0. The Morgan fingerprint density at radius 2 is 2.08 bits per heavy atom.